The van der Waals surface area contributed by atoms with Crippen molar-refractivity contribution in [2.24, 2.45) is 0 Å². The van der Waals surface area contributed by atoms with Crippen LogP contribution >= 0.6 is 0 Å². The van der Waals surface area contributed by atoms with Gasteiger partial charge in [-0.15, -0.1) is 0 Å². The fraction of sp³-hybridized carbons (Fsp3) is 0.158. The van der Waals surface area contributed by atoms with Crippen LogP contribution in [0.1, 0.15) is 22.3 Å². The van der Waals surface area contributed by atoms with Gasteiger partial charge < -0.3 is 9.88 Å². The lowest BCUT2D eigenvalue weighted by Gasteiger charge is -2.12. The Kier molecular flexibility index (Phi) is 4.94. The average Bonchev–Trinajstić information content (AvgIpc) is 3.13. The highest BCUT2D eigenvalue weighted by atomic mass is 19.4. The molecular weight excluding hydrogens is 341 g/mol. The molecule has 0 amide bonds. The number of imidazole rings is 1. The van der Waals surface area contributed by atoms with E-state index in [9.17, 15) is 13.2 Å². The molecule has 3 aromatic rings. The molecule has 4 nitrogen and oxygen atoms in total. The molecule has 0 saturated heterocycles. The number of halogens is 3. The predicted octanol–water partition coefficient (Wildman–Crippen LogP) is 4.43. The summed E-state index contributed by atoms with van der Waals surface area (Å²) in [5.41, 5.74) is 1.59. The first kappa shape index (κ1) is 17.5. The third kappa shape index (κ3) is 4.22. The van der Waals surface area contributed by atoms with Crippen LogP contribution in [0, 0.1) is 11.3 Å². The maximum absolute atomic E-state index is 12.7. The fourth-order valence-corrected chi connectivity index (χ4v) is 2.52. The van der Waals surface area contributed by atoms with Crippen molar-refractivity contribution in [2.45, 2.75) is 19.3 Å². The largest absolute Gasteiger partial charge is 0.416 e. The number of nitrogens with zero attached hydrogens (tertiary/aromatic N) is 3. The van der Waals surface area contributed by atoms with Gasteiger partial charge in [0.25, 0.3) is 0 Å². The number of hydrogen-bond acceptors (Lipinski definition) is 3. The number of benzene rings is 2. The number of alkyl halides is 3. The van der Waals surface area contributed by atoms with Gasteiger partial charge in [0.05, 0.1) is 23.1 Å². The fourth-order valence-electron chi connectivity index (χ4n) is 2.52. The average molecular weight is 356 g/mol. The van der Waals surface area contributed by atoms with E-state index in [1.54, 1.807) is 12.5 Å². The Hall–Kier alpha value is -3.27. The van der Waals surface area contributed by atoms with E-state index in [0.717, 1.165) is 23.3 Å². The molecule has 0 aliphatic heterocycles. The van der Waals surface area contributed by atoms with Gasteiger partial charge in [0, 0.05) is 25.5 Å². The third-order valence-electron chi connectivity index (χ3n) is 3.90. The Bertz CT molecular complexity index is 907. The van der Waals surface area contributed by atoms with E-state index in [1.807, 2.05) is 41.1 Å². The van der Waals surface area contributed by atoms with Crippen LogP contribution in [-0.4, -0.2) is 9.55 Å². The van der Waals surface area contributed by atoms with Crippen molar-refractivity contribution in [1.29, 1.82) is 5.26 Å². The molecule has 1 aromatic heterocycles. The van der Waals surface area contributed by atoms with Gasteiger partial charge in [-0.2, -0.15) is 18.4 Å². The van der Waals surface area contributed by atoms with Crippen LogP contribution in [0.25, 0.3) is 0 Å². The van der Waals surface area contributed by atoms with E-state index in [4.69, 9.17) is 5.26 Å². The third-order valence-corrected chi connectivity index (χ3v) is 3.90. The van der Waals surface area contributed by atoms with Gasteiger partial charge in [-0.25, -0.2) is 4.98 Å². The quantitative estimate of drug-likeness (QED) is 0.736. The number of aromatic nitrogens is 2. The summed E-state index contributed by atoms with van der Waals surface area (Å²) in [6.45, 7) is 1.12. The van der Waals surface area contributed by atoms with Crippen molar-refractivity contribution in [3.05, 3.63) is 83.4 Å². The molecule has 1 heterocycles. The molecule has 0 radical (unpaired) electrons. The maximum atomic E-state index is 12.7. The number of nitriles is 1. The summed E-state index contributed by atoms with van der Waals surface area (Å²) in [5, 5.41) is 12.1. The topological polar surface area (TPSA) is 53.6 Å². The summed E-state index contributed by atoms with van der Waals surface area (Å²) in [5.74, 6) is 0. The first-order chi connectivity index (χ1) is 12.5. The lowest BCUT2D eigenvalue weighted by molar-refractivity contribution is -0.137. The number of rotatable bonds is 5. The van der Waals surface area contributed by atoms with E-state index in [1.165, 1.54) is 6.07 Å². The first-order valence-electron chi connectivity index (χ1n) is 7.84. The van der Waals surface area contributed by atoms with Crippen molar-refractivity contribution in [3.8, 4) is 6.07 Å². The van der Waals surface area contributed by atoms with Gasteiger partial charge in [-0.05, 0) is 29.3 Å². The molecule has 3 rings (SSSR count). The molecule has 2 aromatic carbocycles. The normalized spacial score (nSPS) is 11.2. The van der Waals surface area contributed by atoms with Crippen molar-refractivity contribution in [3.63, 3.8) is 0 Å². The second-order valence-corrected chi connectivity index (χ2v) is 5.77. The van der Waals surface area contributed by atoms with Gasteiger partial charge >= 0.3 is 6.18 Å². The minimum atomic E-state index is -4.46. The van der Waals surface area contributed by atoms with Gasteiger partial charge in [-0.3, -0.25) is 0 Å². The monoisotopic (exact) mass is 356 g/mol. The molecule has 0 aliphatic carbocycles. The van der Waals surface area contributed by atoms with Crippen LogP contribution in [0.15, 0.2) is 61.2 Å². The Balaban J connectivity index is 1.66. The molecule has 132 valence electrons. The van der Waals surface area contributed by atoms with Crippen LogP contribution in [0.3, 0.4) is 0 Å². The van der Waals surface area contributed by atoms with Crippen molar-refractivity contribution >= 4 is 5.69 Å². The standard InChI is InChI=1S/C19H15F3N4/c20-19(21,22)17-5-6-18(16(9-17)10-23)25-11-14-1-3-15(4-2-14)12-26-8-7-24-13-26/h1-9,13,25H,11-12H2. The second kappa shape index (κ2) is 7.31. The molecule has 0 aliphatic rings. The van der Waals surface area contributed by atoms with E-state index in [-0.39, 0.29) is 5.56 Å². The summed E-state index contributed by atoms with van der Waals surface area (Å²) >= 11 is 0. The predicted molar refractivity (Wildman–Crippen MR) is 91.3 cm³/mol. The zero-order chi connectivity index (χ0) is 18.6. The highest BCUT2D eigenvalue weighted by Crippen LogP contribution is 2.31. The summed E-state index contributed by atoms with van der Waals surface area (Å²) in [7, 11) is 0. The smallest absolute Gasteiger partial charge is 0.380 e. The highest BCUT2D eigenvalue weighted by Gasteiger charge is 2.31. The Morgan fingerprint density at radius 3 is 2.42 bits per heavy atom. The number of nitrogens with one attached hydrogen (secondary N) is 1. The SMILES string of the molecule is N#Cc1cc(C(F)(F)F)ccc1NCc1ccc(Cn2ccnc2)cc1. The van der Waals surface area contributed by atoms with Gasteiger partial charge in [-0.1, -0.05) is 24.3 Å². The van der Waals surface area contributed by atoms with E-state index in [2.05, 4.69) is 10.3 Å². The van der Waals surface area contributed by atoms with Gasteiger partial charge in [0.15, 0.2) is 0 Å². The molecule has 0 saturated carbocycles. The molecular formula is C19H15F3N4. The minimum Gasteiger partial charge on any atom is -0.380 e. The molecule has 0 fully saturated rings. The lowest BCUT2D eigenvalue weighted by atomic mass is 10.1. The van der Waals surface area contributed by atoms with Crippen LogP contribution in [0.4, 0.5) is 18.9 Å². The number of anilines is 1. The van der Waals surface area contributed by atoms with Crippen molar-refractivity contribution in [1.82, 2.24) is 9.55 Å². The van der Waals surface area contributed by atoms with Crippen LogP contribution in [0.5, 0.6) is 0 Å². The summed E-state index contributed by atoms with van der Waals surface area (Å²) < 4.78 is 40.1. The van der Waals surface area contributed by atoms with E-state index >= 15 is 0 Å². The summed E-state index contributed by atoms with van der Waals surface area (Å²) in [6.07, 6.45) is 0.872. The molecule has 26 heavy (non-hydrogen) atoms. The highest BCUT2D eigenvalue weighted by molar-refractivity contribution is 5.59. The van der Waals surface area contributed by atoms with Crippen LogP contribution < -0.4 is 5.32 Å². The Morgan fingerprint density at radius 1 is 1.08 bits per heavy atom. The van der Waals surface area contributed by atoms with Crippen LogP contribution in [-0.2, 0) is 19.3 Å². The molecule has 0 spiro atoms. The summed E-state index contributed by atoms with van der Waals surface area (Å²) in [6, 6.07) is 12.8. The Morgan fingerprint density at radius 2 is 1.81 bits per heavy atom. The molecule has 0 atom stereocenters. The minimum absolute atomic E-state index is 0.0310. The maximum Gasteiger partial charge on any atom is 0.416 e. The zero-order valence-electron chi connectivity index (χ0n) is 13.7. The van der Waals surface area contributed by atoms with Crippen molar-refractivity contribution < 1.29 is 13.2 Å². The van der Waals surface area contributed by atoms with E-state index in [0.29, 0.717) is 18.8 Å². The zero-order valence-corrected chi connectivity index (χ0v) is 13.7. The van der Waals surface area contributed by atoms with Crippen LogP contribution in [0.2, 0.25) is 0 Å². The van der Waals surface area contributed by atoms with Gasteiger partial charge in [0.1, 0.15) is 6.07 Å². The van der Waals surface area contributed by atoms with Crippen molar-refractivity contribution in [2.75, 3.05) is 5.32 Å². The van der Waals surface area contributed by atoms with Gasteiger partial charge in [0.2, 0.25) is 0 Å². The molecule has 7 heteroatoms. The van der Waals surface area contributed by atoms with E-state index < -0.39 is 11.7 Å². The lowest BCUT2D eigenvalue weighted by Crippen LogP contribution is -2.07. The second-order valence-electron chi connectivity index (χ2n) is 5.77. The first-order valence-corrected chi connectivity index (χ1v) is 7.84. The Labute approximate surface area is 148 Å². The number of hydrogen-bond donors (Lipinski definition) is 1. The molecule has 1 N–H and O–H groups in total. The molecule has 0 bridgehead atoms. The summed E-state index contributed by atoms with van der Waals surface area (Å²) in [4.78, 5) is 3.99. The molecule has 0 unspecified atom stereocenters.